The molecule has 1 amide bonds. The highest BCUT2D eigenvalue weighted by Gasteiger charge is 2.40. The van der Waals surface area contributed by atoms with Crippen molar-refractivity contribution in [3.8, 4) is 10.3 Å². The van der Waals surface area contributed by atoms with Crippen LogP contribution in [0, 0.1) is 5.92 Å². The van der Waals surface area contributed by atoms with Crippen LogP contribution in [0.2, 0.25) is 4.34 Å². The monoisotopic (exact) mass is 383 g/mol. The van der Waals surface area contributed by atoms with Crippen LogP contribution in [0.25, 0.3) is 0 Å². The van der Waals surface area contributed by atoms with Crippen LogP contribution < -0.4 is 10.1 Å². The van der Waals surface area contributed by atoms with Gasteiger partial charge in [0.25, 0.3) is 11.1 Å². The second-order valence-electron chi connectivity index (χ2n) is 6.26. The van der Waals surface area contributed by atoms with E-state index in [1.54, 1.807) is 18.3 Å². The van der Waals surface area contributed by atoms with Gasteiger partial charge in [-0.1, -0.05) is 34.3 Å². The molecule has 0 saturated carbocycles. The van der Waals surface area contributed by atoms with E-state index >= 15 is 0 Å². The van der Waals surface area contributed by atoms with Crippen LogP contribution in [-0.2, 0) is 0 Å². The van der Waals surface area contributed by atoms with E-state index in [2.05, 4.69) is 22.1 Å². The number of rotatable bonds is 4. The standard InChI is InChI=1S/C16H18ClN3O2S2/c1-9-14(10-4-6-20(9)7-5-10)19-15(21)11-2-3-13(23-11)22-16-18-8-12(17)24-16/h2-3,8-10,14H,4-7H2,1H3,(H,19,21)/t9-,14-/m0/s1. The molecule has 5 heterocycles. The molecule has 8 heteroatoms. The smallest absolute Gasteiger partial charge is 0.280 e. The summed E-state index contributed by atoms with van der Waals surface area (Å²) < 4.78 is 6.22. The van der Waals surface area contributed by atoms with Gasteiger partial charge in [-0.3, -0.25) is 9.69 Å². The highest BCUT2D eigenvalue weighted by molar-refractivity contribution is 7.18. The average Bonchev–Trinajstić information content (AvgIpc) is 3.21. The summed E-state index contributed by atoms with van der Waals surface area (Å²) in [4.78, 5) is 19.8. The Bertz CT molecular complexity index is 737. The van der Waals surface area contributed by atoms with Crippen molar-refractivity contribution in [2.75, 3.05) is 13.1 Å². The molecule has 5 rings (SSSR count). The Morgan fingerprint density at radius 2 is 2.17 bits per heavy atom. The minimum absolute atomic E-state index is 0.0161. The third-order valence-corrected chi connectivity index (χ3v) is 6.88. The Hall–Kier alpha value is -1.15. The van der Waals surface area contributed by atoms with Gasteiger partial charge in [0.1, 0.15) is 4.34 Å². The van der Waals surface area contributed by atoms with Crippen LogP contribution in [0.5, 0.6) is 10.3 Å². The van der Waals surface area contributed by atoms with Gasteiger partial charge in [0.15, 0.2) is 5.06 Å². The highest BCUT2D eigenvalue weighted by Crippen LogP contribution is 2.35. The number of piperidine rings is 3. The van der Waals surface area contributed by atoms with E-state index in [4.69, 9.17) is 16.3 Å². The Kier molecular flexibility index (Phi) is 4.51. The lowest BCUT2D eigenvalue weighted by atomic mass is 9.79. The molecule has 0 aliphatic carbocycles. The molecule has 128 valence electrons. The first kappa shape index (κ1) is 16.3. The molecule has 2 aromatic rings. The molecule has 1 N–H and O–H groups in total. The lowest BCUT2D eigenvalue weighted by Crippen LogP contribution is -2.62. The number of thiophene rings is 1. The molecule has 2 bridgehead atoms. The van der Waals surface area contributed by atoms with Gasteiger partial charge in [-0.05, 0) is 50.9 Å². The SMILES string of the molecule is C[C@H]1[C@H](NC(=O)c2ccc(Oc3ncc(Cl)s3)s2)C2CCN1CC2. The van der Waals surface area contributed by atoms with Crippen LogP contribution in [0.15, 0.2) is 18.3 Å². The van der Waals surface area contributed by atoms with Crippen molar-refractivity contribution >= 4 is 40.2 Å². The van der Waals surface area contributed by atoms with Gasteiger partial charge in [-0.25, -0.2) is 4.98 Å². The molecule has 3 aliphatic heterocycles. The fourth-order valence-electron chi connectivity index (χ4n) is 3.64. The number of nitrogens with zero attached hydrogens (tertiary/aromatic N) is 2. The van der Waals surface area contributed by atoms with Crippen LogP contribution >= 0.6 is 34.3 Å². The fourth-order valence-corrected chi connectivity index (χ4v) is 5.21. The maximum atomic E-state index is 12.6. The number of thiazole rings is 1. The molecule has 0 unspecified atom stereocenters. The molecular weight excluding hydrogens is 366 g/mol. The minimum Gasteiger partial charge on any atom is -0.420 e. The van der Waals surface area contributed by atoms with Crippen molar-refractivity contribution in [3.63, 3.8) is 0 Å². The van der Waals surface area contributed by atoms with Crippen molar-refractivity contribution in [3.05, 3.63) is 27.5 Å². The number of halogens is 1. The molecule has 2 atom stereocenters. The predicted molar refractivity (Wildman–Crippen MR) is 96.5 cm³/mol. The first-order valence-corrected chi connectivity index (χ1v) is 10.0. The molecule has 5 nitrogen and oxygen atoms in total. The molecule has 24 heavy (non-hydrogen) atoms. The second-order valence-corrected chi connectivity index (χ2v) is 8.94. The average molecular weight is 384 g/mol. The van der Waals surface area contributed by atoms with Gasteiger partial charge >= 0.3 is 0 Å². The van der Waals surface area contributed by atoms with Gasteiger partial charge in [0, 0.05) is 12.1 Å². The second kappa shape index (κ2) is 6.63. The number of fused-ring (bicyclic) bond motifs is 3. The topological polar surface area (TPSA) is 54.5 Å². The summed E-state index contributed by atoms with van der Waals surface area (Å²) >= 11 is 8.45. The number of aromatic nitrogens is 1. The van der Waals surface area contributed by atoms with E-state index in [9.17, 15) is 4.79 Å². The number of nitrogens with one attached hydrogen (secondary N) is 1. The van der Waals surface area contributed by atoms with E-state index in [1.807, 2.05) is 0 Å². The van der Waals surface area contributed by atoms with Crippen LogP contribution in [0.1, 0.15) is 29.4 Å². The Balaban J connectivity index is 1.41. The Labute approximate surface area is 153 Å². The van der Waals surface area contributed by atoms with Crippen molar-refractivity contribution in [1.82, 2.24) is 15.2 Å². The zero-order valence-electron chi connectivity index (χ0n) is 13.2. The molecule has 3 saturated heterocycles. The van der Waals surface area contributed by atoms with Crippen molar-refractivity contribution in [1.29, 1.82) is 0 Å². The molecule has 3 aliphatic rings. The number of ether oxygens (including phenoxy) is 1. The number of amides is 1. The van der Waals surface area contributed by atoms with Crippen molar-refractivity contribution < 1.29 is 9.53 Å². The Morgan fingerprint density at radius 3 is 2.83 bits per heavy atom. The van der Waals surface area contributed by atoms with Crippen LogP contribution in [-0.4, -0.2) is 41.0 Å². The zero-order valence-corrected chi connectivity index (χ0v) is 15.6. The zero-order chi connectivity index (χ0) is 16.7. The van der Waals surface area contributed by atoms with Crippen LogP contribution in [0.4, 0.5) is 0 Å². The molecule has 2 aromatic heterocycles. The first-order valence-electron chi connectivity index (χ1n) is 8.04. The largest absolute Gasteiger partial charge is 0.420 e. The van der Waals surface area contributed by atoms with Gasteiger partial charge in [0.05, 0.1) is 11.1 Å². The van der Waals surface area contributed by atoms with Crippen LogP contribution in [0.3, 0.4) is 0 Å². The number of carbonyl (C=O) groups excluding carboxylic acids is 1. The van der Waals surface area contributed by atoms with E-state index in [1.165, 1.54) is 35.5 Å². The van der Waals surface area contributed by atoms with Crippen molar-refractivity contribution in [2.45, 2.75) is 31.8 Å². The molecule has 0 spiro atoms. The third-order valence-electron chi connectivity index (χ3n) is 4.92. The maximum absolute atomic E-state index is 12.6. The van der Waals surface area contributed by atoms with Crippen molar-refractivity contribution in [2.24, 2.45) is 5.92 Å². The quantitative estimate of drug-likeness (QED) is 0.870. The summed E-state index contributed by atoms with van der Waals surface area (Å²) in [5.41, 5.74) is 0. The summed E-state index contributed by atoms with van der Waals surface area (Å²) in [5, 5.41) is 4.37. The predicted octanol–water partition coefficient (Wildman–Crippen LogP) is 3.86. The molecule has 3 fully saturated rings. The maximum Gasteiger partial charge on any atom is 0.280 e. The molecule has 0 radical (unpaired) electrons. The van der Waals surface area contributed by atoms with Gasteiger partial charge in [-0.15, -0.1) is 0 Å². The number of carbonyl (C=O) groups is 1. The summed E-state index contributed by atoms with van der Waals surface area (Å²) in [5.74, 6) is 0.583. The summed E-state index contributed by atoms with van der Waals surface area (Å²) in [7, 11) is 0. The molecule has 0 aromatic carbocycles. The van der Waals surface area contributed by atoms with E-state index < -0.39 is 0 Å². The first-order chi connectivity index (χ1) is 11.6. The lowest BCUT2D eigenvalue weighted by molar-refractivity contribution is 0.0218. The normalized spacial score (nSPS) is 28.8. The third kappa shape index (κ3) is 3.18. The van der Waals surface area contributed by atoms with E-state index in [-0.39, 0.29) is 11.9 Å². The number of hydrogen-bond donors (Lipinski definition) is 1. The lowest BCUT2D eigenvalue weighted by Gasteiger charge is -2.49. The summed E-state index contributed by atoms with van der Waals surface area (Å²) in [6, 6.07) is 4.25. The highest BCUT2D eigenvalue weighted by atomic mass is 35.5. The number of hydrogen-bond acceptors (Lipinski definition) is 6. The summed E-state index contributed by atoms with van der Waals surface area (Å²) in [6.07, 6.45) is 3.91. The minimum atomic E-state index is -0.0161. The van der Waals surface area contributed by atoms with Gasteiger partial charge in [-0.2, -0.15) is 0 Å². The Morgan fingerprint density at radius 1 is 1.38 bits per heavy atom. The van der Waals surface area contributed by atoms with Gasteiger partial charge in [0.2, 0.25) is 0 Å². The fraction of sp³-hybridized carbons (Fsp3) is 0.500. The van der Waals surface area contributed by atoms with E-state index in [0.717, 1.165) is 13.1 Å². The molecular formula is C16H18ClN3O2S2. The van der Waals surface area contributed by atoms with Gasteiger partial charge < -0.3 is 10.1 Å². The van der Waals surface area contributed by atoms with E-state index in [0.29, 0.717) is 31.4 Å². The summed E-state index contributed by atoms with van der Waals surface area (Å²) in [6.45, 7) is 4.53.